The molecule has 1 aliphatic heterocycles. The normalized spacial score (nSPS) is 19.8. The van der Waals surface area contributed by atoms with Crippen molar-refractivity contribution < 1.29 is 14.7 Å². The zero-order valence-electron chi connectivity index (χ0n) is 11.9. The monoisotopic (exact) mass is 317 g/mol. The molecule has 7 heteroatoms. The summed E-state index contributed by atoms with van der Waals surface area (Å²) in [6, 6.07) is 10.7. The van der Waals surface area contributed by atoms with E-state index in [1.54, 1.807) is 24.3 Å². The van der Waals surface area contributed by atoms with E-state index in [1.807, 2.05) is 12.1 Å². The van der Waals surface area contributed by atoms with Gasteiger partial charge < -0.3 is 10.4 Å². The fourth-order valence-electron chi connectivity index (χ4n) is 2.09. The molecule has 22 heavy (non-hydrogen) atoms. The fraction of sp³-hybridized carbons (Fsp3) is 0.267. The standard InChI is InChI=1S/C15H15N3O3S/c1-17-13(20)11(9-16)15-18(10-5-3-2-4-6-10)14(21)12(22-15)7-8-19/h2-6,12,19H,7-8H2,1H3,(H,17,20)/b15-11+. The molecule has 2 rings (SSSR count). The van der Waals surface area contributed by atoms with Gasteiger partial charge in [0.25, 0.3) is 5.91 Å². The summed E-state index contributed by atoms with van der Waals surface area (Å²) in [5.41, 5.74) is 0.484. The molecule has 0 aromatic heterocycles. The third-order valence-corrected chi connectivity index (χ3v) is 4.47. The van der Waals surface area contributed by atoms with Gasteiger partial charge in [0.05, 0.1) is 5.25 Å². The first-order chi connectivity index (χ1) is 10.6. The molecule has 2 N–H and O–H groups in total. The van der Waals surface area contributed by atoms with Crippen LogP contribution in [0.5, 0.6) is 0 Å². The first-order valence-electron chi connectivity index (χ1n) is 6.67. The Hall–Kier alpha value is -2.30. The first kappa shape index (κ1) is 16.1. The number of anilines is 1. The minimum Gasteiger partial charge on any atom is -0.396 e. The maximum absolute atomic E-state index is 12.6. The number of benzene rings is 1. The zero-order valence-corrected chi connectivity index (χ0v) is 12.8. The van der Waals surface area contributed by atoms with Crippen LogP contribution in [0.15, 0.2) is 40.9 Å². The highest BCUT2D eigenvalue weighted by Crippen LogP contribution is 2.41. The minimum atomic E-state index is -0.539. The number of para-hydroxylation sites is 1. The number of nitrogens with one attached hydrogen (secondary N) is 1. The van der Waals surface area contributed by atoms with E-state index < -0.39 is 11.2 Å². The number of aliphatic hydroxyl groups excluding tert-OH is 1. The molecular weight excluding hydrogens is 302 g/mol. The molecule has 1 heterocycles. The summed E-state index contributed by atoms with van der Waals surface area (Å²) in [6.45, 7) is -0.138. The average molecular weight is 317 g/mol. The lowest BCUT2D eigenvalue weighted by Gasteiger charge is -2.18. The lowest BCUT2D eigenvalue weighted by atomic mass is 10.2. The van der Waals surface area contributed by atoms with E-state index in [9.17, 15) is 14.9 Å². The molecule has 1 fully saturated rings. The lowest BCUT2D eigenvalue weighted by Crippen LogP contribution is -2.31. The SMILES string of the molecule is CNC(=O)/C(C#N)=C1/SC(CCO)C(=O)N1c1ccccc1. The Kier molecular flexibility index (Phi) is 5.20. The first-order valence-corrected chi connectivity index (χ1v) is 7.55. The van der Waals surface area contributed by atoms with E-state index in [1.165, 1.54) is 11.9 Å². The number of nitrogens with zero attached hydrogens (tertiary/aromatic N) is 2. The summed E-state index contributed by atoms with van der Waals surface area (Å²) in [6.07, 6.45) is 0.267. The van der Waals surface area contributed by atoms with Crippen molar-refractivity contribution >= 4 is 29.3 Å². The van der Waals surface area contributed by atoms with Crippen LogP contribution in [0.25, 0.3) is 0 Å². The van der Waals surface area contributed by atoms with Crippen LogP contribution in [0.2, 0.25) is 0 Å². The average Bonchev–Trinajstić information content (AvgIpc) is 2.86. The molecule has 1 saturated heterocycles. The third kappa shape index (κ3) is 2.98. The molecule has 2 amide bonds. The molecule has 0 spiro atoms. The van der Waals surface area contributed by atoms with E-state index in [2.05, 4.69) is 5.32 Å². The molecule has 1 aliphatic rings. The van der Waals surface area contributed by atoms with Crippen molar-refractivity contribution in [2.45, 2.75) is 11.7 Å². The summed E-state index contributed by atoms with van der Waals surface area (Å²) >= 11 is 1.14. The van der Waals surface area contributed by atoms with Crippen LogP contribution in [-0.2, 0) is 9.59 Å². The molecule has 0 radical (unpaired) electrons. The van der Waals surface area contributed by atoms with Crippen molar-refractivity contribution in [3.05, 3.63) is 40.9 Å². The number of likely N-dealkylation sites (N-methyl/N-ethyl adjacent to an activating group) is 1. The van der Waals surface area contributed by atoms with Crippen molar-refractivity contribution in [2.75, 3.05) is 18.6 Å². The van der Waals surface area contributed by atoms with Gasteiger partial charge in [-0.15, -0.1) is 0 Å². The van der Waals surface area contributed by atoms with Crippen molar-refractivity contribution in [1.82, 2.24) is 5.32 Å². The Morgan fingerprint density at radius 2 is 2.14 bits per heavy atom. The van der Waals surface area contributed by atoms with E-state index in [0.717, 1.165) is 11.8 Å². The number of amides is 2. The van der Waals surface area contributed by atoms with Crippen LogP contribution in [0.1, 0.15) is 6.42 Å². The number of aliphatic hydroxyl groups is 1. The molecule has 6 nitrogen and oxygen atoms in total. The Morgan fingerprint density at radius 1 is 1.45 bits per heavy atom. The van der Waals surface area contributed by atoms with Gasteiger partial charge in [-0.1, -0.05) is 30.0 Å². The van der Waals surface area contributed by atoms with E-state index in [4.69, 9.17) is 5.11 Å². The molecule has 114 valence electrons. The molecule has 1 aromatic carbocycles. The van der Waals surface area contributed by atoms with Gasteiger partial charge in [-0.25, -0.2) is 0 Å². The smallest absolute Gasteiger partial charge is 0.264 e. The maximum Gasteiger partial charge on any atom is 0.264 e. The highest BCUT2D eigenvalue weighted by Gasteiger charge is 2.40. The molecule has 1 atom stereocenters. The summed E-state index contributed by atoms with van der Waals surface area (Å²) in [7, 11) is 1.43. The van der Waals surface area contributed by atoms with Gasteiger partial charge in [-0.05, 0) is 18.6 Å². The van der Waals surface area contributed by atoms with Gasteiger partial charge in [-0.2, -0.15) is 5.26 Å². The number of carbonyl (C=O) groups excluding carboxylic acids is 2. The van der Waals surface area contributed by atoms with Crippen LogP contribution in [0, 0.1) is 11.3 Å². The number of rotatable bonds is 4. The number of carbonyl (C=O) groups is 2. The third-order valence-electron chi connectivity index (χ3n) is 3.14. The highest BCUT2D eigenvalue weighted by atomic mass is 32.2. The highest BCUT2D eigenvalue weighted by molar-refractivity contribution is 8.05. The van der Waals surface area contributed by atoms with Crippen LogP contribution in [-0.4, -0.2) is 35.8 Å². The Labute approximate surface area is 132 Å². The summed E-state index contributed by atoms with van der Waals surface area (Å²) in [4.78, 5) is 25.8. The number of nitriles is 1. The van der Waals surface area contributed by atoms with Gasteiger partial charge in [0.15, 0.2) is 0 Å². The molecule has 0 saturated carbocycles. The van der Waals surface area contributed by atoms with Crippen LogP contribution >= 0.6 is 11.8 Å². The maximum atomic E-state index is 12.6. The second-order valence-corrected chi connectivity index (χ2v) is 5.69. The summed E-state index contributed by atoms with van der Waals surface area (Å²) < 4.78 is 0. The van der Waals surface area contributed by atoms with Gasteiger partial charge in [-0.3, -0.25) is 14.5 Å². The molecular formula is C15H15N3O3S. The lowest BCUT2D eigenvalue weighted by molar-refractivity contribution is -0.117. The Bertz CT molecular complexity index is 652. The van der Waals surface area contributed by atoms with E-state index in [-0.39, 0.29) is 24.5 Å². The predicted octanol–water partition coefficient (Wildman–Crippen LogP) is 0.999. The quantitative estimate of drug-likeness (QED) is 0.638. The topological polar surface area (TPSA) is 93.4 Å². The molecule has 0 bridgehead atoms. The van der Waals surface area contributed by atoms with Crippen molar-refractivity contribution in [3.63, 3.8) is 0 Å². The zero-order chi connectivity index (χ0) is 16.1. The van der Waals surface area contributed by atoms with Gasteiger partial charge >= 0.3 is 0 Å². The number of hydrogen-bond acceptors (Lipinski definition) is 5. The van der Waals surface area contributed by atoms with E-state index in [0.29, 0.717) is 10.7 Å². The molecule has 1 aromatic rings. The Morgan fingerprint density at radius 3 is 2.68 bits per heavy atom. The van der Waals surface area contributed by atoms with Crippen LogP contribution in [0.3, 0.4) is 0 Å². The fourth-order valence-corrected chi connectivity index (χ4v) is 3.35. The summed E-state index contributed by atoms with van der Waals surface area (Å²) in [5, 5.41) is 20.6. The Balaban J connectivity index is 2.54. The van der Waals surface area contributed by atoms with E-state index >= 15 is 0 Å². The predicted molar refractivity (Wildman–Crippen MR) is 83.7 cm³/mol. The summed E-state index contributed by atoms with van der Waals surface area (Å²) in [5.74, 6) is -0.778. The van der Waals surface area contributed by atoms with Gasteiger partial charge in [0, 0.05) is 19.3 Å². The second kappa shape index (κ2) is 7.11. The molecule has 0 aliphatic carbocycles. The number of hydrogen-bond donors (Lipinski definition) is 2. The number of thioether (sulfide) groups is 1. The largest absolute Gasteiger partial charge is 0.396 e. The van der Waals surface area contributed by atoms with Crippen molar-refractivity contribution in [2.24, 2.45) is 0 Å². The second-order valence-electron chi connectivity index (χ2n) is 4.50. The van der Waals surface area contributed by atoms with Crippen molar-refractivity contribution in [3.8, 4) is 6.07 Å². The minimum absolute atomic E-state index is 0.106. The van der Waals surface area contributed by atoms with Crippen LogP contribution in [0.4, 0.5) is 5.69 Å². The molecule has 1 unspecified atom stereocenters. The van der Waals surface area contributed by atoms with Gasteiger partial charge in [0.1, 0.15) is 16.7 Å². The van der Waals surface area contributed by atoms with Crippen molar-refractivity contribution in [1.29, 1.82) is 5.26 Å². The van der Waals surface area contributed by atoms with Crippen LogP contribution < -0.4 is 10.2 Å². The van der Waals surface area contributed by atoms with Gasteiger partial charge in [0.2, 0.25) is 5.91 Å².